The van der Waals surface area contributed by atoms with Crippen molar-refractivity contribution in [2.75, 3.05) is 10.2 Å². The van der Waals surface area contributed by atoms with Crippen LogP contribution in [-0.4, -0.2) is 0 Å². The normalized spacial score (nSPS) is 11.1. The number of benzene rings is 9. The number of nitrogens with zero attached hydrogens (tertiary/aromatic N) is 1. The van der Waals surface area contributed by atoms with Gasteiger partial charge in [0.2, 0.25) is 0 Å². The number of para-hydroxylation sites is 3. The lowest BCUT2D eigenvalue weighted by Crippen LogP contribution is -2.09. The van der Waals surface area contributed by atoms with Crippen molar-refractivity contribution in [3.8, 4) is 33.4 Å². The van der Waals surface area contributed by atoms with Gasteiger partial charge in [-0.3, -0.25) is 0 Å². The van der Waals surface area contributed by atoms with Crippen LogP contribution in [0.25, 0.3) is 54.9 Å². The van der Waals surface area contributed by atoms with Gasteiger partial charge in [0.15, 0.2) is 0 Å². The Kier molecular flexibility index (Phi) is 8.24. The maximum absolute atomic E-state index is 3.67. The van der Waals surface area contributed by atoms with E-state index in [0.29, 0.717) is 0 Å². The van der Waals surface area contributed by atoms with Gasteiger partial charge in [-0.1, -0.05) is 152 Å². The van der Waals surface area contributed by atoms with Crippen molar-refractivity contribution < 1.29 is 0 Å². The molecule has 2 nitrogen and oxygen atoms in total. The lowest BCUT2D eigenvalue weighted by atomic mass is 9.85. The van der Waals surface area contributed by atoms with Crippen LogP contribution < -0.4 is 10.2 Å². The van der Waals surface area contributed by atoms with Crippen molar-refractivity contribution in [2.24, 2.45) is 0 Å². The molecule has 9 rings (SSSR count). The van der Waals surface area contributed by atoms with Gasteiger partial charge in [-0.15, -0.1) is 0 Å². The van der Waals surface area contributed by atoms with Crippen LogP contribution >= 0.6 is 0 Å². The average Bonchev–Trinajstić information content (AvgIpc) is 3.22. The highest BCUT2D eigenvalue weighted by atomic mass is 15.1. The molecule has 0 fully saturated rings. The molecule has 246 valence electrons. The summed E-state index contributed by atoms with van der Waals surface area (Å²) in [6, 6.07) is 76.0. The van der Waals surface area contributed by atoms with Crippen molar-refractivity contribution in [3.63, 3.8) is 0 Å². The van der Waals surface area contributed by atoms with Crippen molar-refractivity contribution in [3.05, 3.63) is 212 Å². The summed E-state index contributed by atoms with van der Waals surface area (Å²) < 4.78 is 0. The molecule has 0 atom stereocenters. The quantitative estimate of drug-likeness (QED) is 0.163. The van der Waals surface area contributed by atoms with Crippen LogP contribution in [0.15, 0.2) is 212 Å². The summed E-state index contributed by atoms with van der Waals surface area (Å²) >= 11 is 0. The number of fused-ring (bicyclic) bond motifs is 2. The molecule has 9 aromatic carbocycles. The maximum Gasteiger partial charge on any atom is 0.0468 e. The summed E-state index contributed by atoms with van der Waals surface area (Å²) in [6.07, 6.45) is 0. The fourth-order valence-electron chi connectivity index (χ4n) is 7.41. The molecule has 0 saturated carbocycles. The van der Waals surface area contributed by atoms with E-state index in [2.05, 4.69) is 216 Å². The number of hydrogen-bond acceptors (Lipinski definition) is 2. The van der Waals surface area contributed by atoms with E-state index in [4.69, 9.17) is 0 Å². The van der Waals surface area contributed by atoms with Gasteiger partial charge in [-0.2, -0.15) is 0 Å². The van der Waals surface area contributed by atoms with Gasteiger partial charge in [0.1, 0.15) is 0 Å². The SMILES string of the molecule is c1ccc(Nc2ccc3c(-c4ccccc4)c4cc(N(c5ccccc5)c5ccccc5)ccc4c(-c4ccc(-c5ccccc5)cc4)c3c2)cc1. The third-order valence-electron chi connectivity index (χ3n) is 9.79. The smallest absolute Gasteiger partial charge is 0.0468 e. The molecule has 0 unspecified atom stereocenters. The molecular weight excluding hydrogens is 629 g/mol. The fraction of sp³-hybridized carbons (Fsp3) is 0. The highest BCUT2D eigenvalue weighted by Gasteiger charge is 2.20. The van der Waals surface area contributed by atoms with Crippen LogP contribution in [0, 0.1) is 0 Å². The monoisotopic (exact) mass is 664 g/mol. The summed E-state index contributed by atoms with van der Waals surface area (Å²) in [5.74, 6) is 0. The Morgan fingerprint density at radius 2 is 0.692 bits per heavy atom. The molecule has 2 heteroatoms. The molecule has 0 spiro atoms. The van der Waals surface area contributed by atoms with E-state index in [-0.39, 0.29) is 0 Å². The zero-order chi connectivity index (χ0) is 34.7. The molecule has 0 heterocycles. The molecule has 9 aromatic rings. The first-order valence-corrected chi connectivity index (χ1v) is 17.8. The molecule has 0 radical (unpaired) electrons. The van der Waals surface area contributed by atoms with E-state index in [1.807, 2.05) is 6.07 Å². The Morgan fingerprint density at radius 1 is 0.269 bits per heavy atom. The topological polar surface area (TPSA) is 15.3 Å². The molecule has 0 bridgehead atoms. The van der Waals surface area contributed by atoms with Gasteiger partial charge < -0.3 is 10.2 Å². The zero-order valence-corrected chi connectivity index (χ0v) is 28.7. The van der Waals surface area contributed by atoms with E-state index >= 15 is 0 Å². The largest absolute Gasteiger partial charge is 0.356 e. The molecule has 52 heavy (non-hydrogen) atoms. The van der Waals surface area contributed by atoms with Gasteiger partial charge >= 0.3 is 0 Å². The van der Waals surface area contributed by atoms with Crippen molar-refractivity contribution >= 4 is 50.0 Å². The molecule has 0 aliphatic rings. The average molecular weight is 665 g/mol. The number of rotatable bonds is 8. The molecule has 0 aromatic heterocycles. The predicted octanol–water partition coefficient (Wildman–Crippen LogP) is 14.2. The minimum atomic E-state index is 1.05. The molecule has 0 amide bonds. The Hall–Kier alpha value is -6.90. The van der Waals surface area contributed by atoms with Gasteiger partial charge in [0, 0.05) is 28.4 Å². The highest BCUT2D eigenvalue weighted by Crippen LogP contribution is 2.47. The summed E-state index contributed by atoms with van der Waals surface area (Å²) in [6.45, 7) is 0. The van der Waals surface area contributed by atoms with Crippen LogP contribution in [0.2, 0.25) is 0 Å². The molecule has 0 saturated heterocycles. The van der Waals surface area contributed by atoms with E-state index < -0.39 is 0 Å². The van der Waals surface area contributed by atoms with Gasteiger partial charge in [-0.25, -0.2) is 0 Å². The Balaban J connectivity index is 1.33. The van der Waals surface area contributed by atoms with E-state index in [9.17, 15) is 0 Å². The third-order valence-corrected chi connectivity index (χ3v) is 9.79. The maximum atomic E-state index is 3.67. The molecule has 0 aliphatic heterocycles. The van der Waals surface area contributed by atoms with Crippen LogP contribution in [0.4, 0.5) is 28.4 Å². The number of nitrogens with one attached hydrogen (secondary N) is 1. The first-order chi connectivity index (χ1) is 25.8. The van der Waals surface area contributed by atoms with E-state index in [1.165, 1.54) is 54.9 Å². The van der Waals surface area contributed by atoms with E-state index in [0.717, 1.165) is 28.4 Å². The van der Waals surface area contributed by atoms with Crippen LogP contribution in [0.1, 0.15) is 0 Å². The highest BCUT2D eigenvalue weighted by molar-refractivity contribution is 6.22. The Morgan fingerprint density at radius 3 is 1.27 bits per heavy atom. The summed E-state index contributed by atoms with van der Waals surface area (Å²) in [4.78, 5) is 2.35. The second-order valence-electron chi connectivity index (χ2n) is 13.0. The standard InChI is InChI=1S/C50H36N2/c1-6-16-36(17-7-1)37-26-28-39(29-27-37)50-46-33-31-44(52(42-22-12-4-13-23-42)43-24-14-5-15-25-43)35-48(46)49(38-18-8-2-9-19-38)45-32-30-41(34-47(45)50)51-40-20-10-3-11-21-40/h1-35,51H. The lowest BCUT2D eigenvalue weighted by Gasteiger charge is -2.27. The van der Waals surface area contributed by atoms with Crippen LogP contribution in [0.3, 0.4) is 0 Å². The minimum Gasteiger partial charge on any atom is -0.356 e. The van der Waals surface area contributed by atoms with Crippen molar-refractivity contribution in [1.82, 2.24) is 0 Å². The predicted molar refractivity (Wildman–Crippen MR) is 222 cm³/mol. The summed E-state index contributed by atoms with van der Waals surface area (Å²) in [5, 5.41) is 8.50. The van der Waals surface area contributed by atoms with Gasteiger partial charge in [0.05, 0.1) is 0 Å². The van der Waals surface area contributed by atoms with Crippen molar-refractivity contribution in [2.45, 2.75) is 0 Å². The summed E-state index contributed by atoms with van der Waals surface area (Å²) in [7, 11) is 0. The number of hydrogen-bond donors (Lipinski definition) is 1. The Bertz CT molecular complexity index is 2560. The van der Waals surface area contributed by atoms with E-state index in [1.54, 1.807) is 0 Å². The molecule has 1 N–H and O–H groups in total. The first kappa shape index (κ1) is 31.1. The zero-order valence-electron chi connectivity index (χ0n) is 28.7. The van der Waals surface area contributed by atoms with Crippen LogP contribution in [-0.2, 0) is 0 Å². The second-order valence-corrected chi connectivity index (χ2v) is 13.0. The summed E-state index contributed by atoms with van der Waals surface area (Å²) in [5.41, 5.74) is 12.7. The first-order valence-electron chi connectivity index (χ1n) is 17.8. The minimum absolute atomic E-state index is 1.05. The van der Waals surface area contributed by atoms with Crippen LogP contribution in [0.5, 0.6) is 0 Å². The second kappa shape index (κ2) is 13.8. The fourth-order valence-corrected chi connectivity index (χ4v) is 7.41. The molecule has 0 aliphatic carbocycles. The number of anilines is 5. The van der Waals surface area contributed by atoms with Gasteiger partial charge in [0.25, 0.3) is 0 Å². The van der Waals surface area contributed by atoms with Crippen molar-refractivity contribution in [1.29, 1.82) is 0 Å². The molecular formula is C50H36N2. The van der Waals surface area contributed by atoms with Gasteiger partial charge in [-0.05, 0) is 116 Å². The Labute approximate surface area is 304 Å². The third kappa shape index (κ3) is 5.97. The lowest BCUT2D eigenvalue weighted by molar-refractivity contribution is 1.29.